The van der Waals surface area contributed by atoms with Crippen molar-refractivity contribution in [2.45, 2.75) is 33.7 Å². The lowest BCUT2D eigenvalue weighted by atomic mass is 10.1. The Bertz CT molecular complexity index is 496. The van der Waals surface area contributed by atoms with E-state index in [1.165, 1.54) is 16.8 Å². The molecule has 6 heteroatoms. The molecule has 0 saturated carbocycles. The summed E-state index contributed by atoms with van der Waals surface area (Å²) < 4.78 is 1.42. The summed E-state index contributed by atoms with van der Waals surface area (Å²) >= 11 is 0. The summed E-state index contributed by atoms with van der Waals surface area (Å²) in [4.78, 5) is 22.2. The number of nitrogens with one attached hydrogen (secondary N) is 1. The minimum atomic E-state index is -0.453. The van der Waals surface area contributed by atoms with Gasteiger partial charge in [-0.15, -0.1) is 0 Å². The van der Waals surface area contributed by atoms with Crippen LogP contribution in [0.2, 0.25) is 0 Å². The quantitative estimate of drug-likeness (QED) is 0.463. The monoisotopic (exact) mass is 267 g/mol. The zero-order valence-electron chi connectivity index (χ0n) is 11.7. The summed E-state index contributed by atoms with van der Waals surface area (Å²) in [6.45, 7) is 7.90. The Hall–Kier alpha value is -1.69. The molecule has 19 heavy (non-hydrogen) atoms. The molecule has 0 radical (unpaired) electrons. The molecule has 1 aromatic rings. The second-order valence-electron chi connectivity index (χ2n) is 4.90. The average molecular weight is 267 g/mol. The van der Waals surface area contributed by atoms with Crippen molar-refractivity contribution >= 4 is 5.69 Å². The number of nitro groups is 1. The lowest BCUT2D eigenvalue weighted by Crippen LogP contribution is -2.29. The lowest BCUT2D eigenvalue weighted by molar-refractivity contribution is -0.385. The van der Waals surface area contributed by atoms with Crippen LogP contribution in [-0.4, -0.2) is 22.6 Å². The highest BCUT2D eigenvalue weighted by Crippen LogP contribution is 2.14. The van der Waals surface area contributed by atoms with Gasteiger partial charge in [0, 0.05) is 18.2 Å². The molecule has 0 aliphatic rings. The Labute approximate surface area is 112 Å². The van der Waals surface area contributed by atoms with Crippen LogP contribution in [-0.2, 0) is 6.54 Å². The van der Waals surface area contributed by atoms with Gasteiger partial charge < -0.3 is 9.88 Å². The maximum Gasteiger partial charge on any atom is 0.288 e. The molecule has 0 amide bonds. The number of hydrogen-bond donors (Lipinski definition) is 1. The third-order valence-electron chi connectivity index (χ3n) is 2.93. The molecule has 0 fully saturated rings. The molecule has 0 aliphatic carbocycles. The maximum atomic E-state index is 11.8. The first kappa shape index (κ1) is 15.4. The fourth-order valence-electron chi connectivity index (χ4n) is 1.91. The van der Waals surface area contributed by atoms with Crippen molar-refractivity contribution in [1.29, 1.82) is 0 Å². The van der Waals surface area contributed by atoms with E-state index in [1.54, 1.807) is 6.92 Å². The molecular weight excluding hydrogens is 246 g/mol. The van der Waals surface area contributed by atoms with Gasteiger partial charge in [-0.25, -0.2) is 0 Å². The third-order valence-corrected chi connectivity index (χ3v) is 2.93. The molecule has 1 rings (SSSR count). The van der Waals surface area contributed by atoms with Crippen molar-refractivity contribution in [3.05, 3.63) is 38.3 Å². The van der Waals surface area contributed by atoms with E-state index < -0.39 is 4.92 Å². The Morgan fingerprint density at radius 2 is 2.21 bits per heavy atom. The van der Waals surface area contributed by atoms with Crippen LogP contribution in [0.1, 0.15) is 25.8 Å². The first-order chi connectivity index (χ1) is 8.95. The van der Waals surface area contributed by atoms with Crippen LogP contribution in [0.5, 0.6) is 0 Å². The molecule has 0 aromatic carbocycles. The van der Waals surface area contributed by atoms with E-state index >= 15 is 0 Å². The summed E-state index contributed by atoms with van der Waals surface area (Å²) in [7, 11) is 0. The standard InChI is InChI=1S/C13H21N3O3/c1-4-5-14-7-10(2)8-15-9-12(16(18)19)11(3)6-13(15)17/h6,9-10,14H,4-5,7-8H2,1-3H3. The van der Waals surface area contributed by atoms with E-state index in [0.717, 1.165) is 19.5 Å². The van der Waals surface area contributed by atoms with Crippen LogP contribution in [0.15, 0.2) is 17.1 Å². The average Bonchev–Trinajstić information content (AvgIpc) is 2.32. The van der Waals surface area contributed by atoms with E-state index in [0.29, 0.717) is 12.1 Å². The molecule has 0 bridgehead atoms. The molecule has 0 spiro atoms. The van der Waals surface area contributed by atoms with Gasteiger partial charge in [0.2, 0.25) is 0 Å². The van der Waals surface area contributed by atoms with Crippen molar-refractivity contribution < 1.29 is 4.92 Å². The fraction of sp³-hybridized carbons (Fsp3) is 0.615. The number of nitrogens with zero attached hydrogens (tertiary/aromatic N) is 2. The maximum absolute atomic E-state index is 11.8. The number of aromatic nitrogens is 1. The first-order valence-corrected chi connectivity index (χ1v) is 6.51. The number of hydrogen-bond acceptors (Lipinski definition) is 4. The lowest BCUT2D eigenvalue weighted by Gasteiger charge is -2.14. The normalized spacial score (nSPS) is 12.4. The third kappa shape index (κ3) is 4.48. The van der Waals surface area contributed by atoms with Gasteiger partial charge in [-0.3, -0.25) is 14.9 Å². The van der Waals surface area contributed by atoms with Gasteiger partial charge in [-0.1, -0.05) is 13.8 Å². The predicted octanol–water partition coefficient (Wildman–Crippen LogP) is 1.70. The smallest absolute Gasteiger partial charge is 0.288 e. The number of rotatable bonds is 7. The minimum absolute atomic E-state index is 0.00619. The van der Waals surface area contributed by atoms with Crippen molar-refractivity contribution in [2.75, 3.05) is 13.1 Å². The van der Waals surface area contributed by atoms with Gasteiger partial charge in [0.1, 0.15) is 0 Å². The molecule has 1 heterocycles. The minimum Gasteiger partial charge on any atom is -0.316 e. The van der Waals surface area contributed by atoms with E-state index in [-0.39, 0.29) is 17.2 Å². The highest BCUT2D eigenvalue weighted by molar-refractivity contribution is 5.35. The van der Waals surface area contributed by atoms with Gasteiger partial charge in [-0.05, 0) is 32.4 Å². The van der Waals surface area contributed by atoms with Crippen LogP contribution >= 0.6 is 0 Å². The predicted molar refractivity (Wildman–Crippen MR) is 74.4 cm³/mol. The molecule has 0 saturated heterocycles. The molecule has 6 nitrogen and oxygen atoms in total. The van der Waals surface area contributed by atoms with Gasteiger partial charge in [0.15, 0.2) is 0 Å². The van der Waals surface area contributed by atoms with Crippen molar-refractivity contribution in [2.24, 2.45) is 5.92 Å². The van der Waals surface area contributed by atoms with Crippen LogP contribution in [0.3, 0.4) is 0 Å². The van der Waals surface area contributed by atoms with E-state index in [4.69, 9.17) is 0 Å². The van der Waals surface area contributed by atoms with Gasteiger partial charge >= 0.3 is 0 Å². The Kier molecular flexibility index (Phi) is 5.69. The first-order valence-electron chi connectivity index (χ1n) is 6.51. The Balaban J connectivity index is 2.80. The van der Waals surface area contributed by atoms with Crippen LogP contribution < -0.4 is 10.9 Å². The summed E-state index contributed by atoms with van der Waals surface area (Å²) in [6, 6.07) is 1.32. The topological polar surface area (TPSA) is 77.2 Å². The molecule has 106 valence electrons. The van der Waals surface area contributed by atoms with Gasteiger partial charge in [-0.2, -0.15) is 0 Å². The molecular formula is C13H21N3O3. The molecule has 1 N–H and O–H groups in total. The SMILES string of the molecule is CCCNCC(C)Cn1cc([N+](=O)[O-])c(C)cc1=O. The van der Waals surface area contributed by atoms with E-state index in [2.05, 4.69) is 12.2 Å². The van der Waals surface area contributed by atoms with E-state index in [1.807, 2.05) is 6.92 Å². The Morgan fingerprint density at radius 3 is 2.79 bits per heavy atom. The zero-order chi connectivity index (χ0) is 14.4. The molecule has 0 aliphatic heterocycles. The highest BCUT2D eigenvalue weighted by Gasteiger charge is 2.14. The van der Waals surface area contributed by atoms with Crippen LogP contribution in [0.4, 0.5) is 5.69 Å². The summed E-state index contributed by atoms with van der Waals surface area (Å²) in [5, 5.41) is 14.1. The highest BCUT2D eigenvalue weighted by atomic mass is 16.6. The second kappa shape index (κ2) is 7.04. The summed E-state index contributed by atoms with van der Waals surface area (Å²) in [5.74, 6) is 0.242. The van der Waals surface area contributed by atoms with E-state index in [9.17, 15) is 14.9 Å². The van der Waals surface area contributed by atoms with Crippen molar-refractivity contribution in [3.63, 3.8) is 0 Å². The Morgan fingerprint density at radius 1 is 1.53 bits per heavy atom. The fourth-order valence-corrected chi connectivity index (χ4v) is 1.91. The van der Waals surface area contributed by atoms with Crippen molar-refractivity contribution in [1.82, 2.24) is 9.88 Å². The van der Waals surface area contributed by atoms with Crippen LogP contribution in [0.25, 0.3) is 0 Å². The zero-order valence-corrected chi connectivity index (χ0v) is 11.7. The number of aryl methyl sites for hydroxylation is 1. The van der Waals surface area contributed by atoms with Crippen LogP contribution in [0, 0.1) is 23.0 Å². The second-order valence-corrected chi connectivity index (χ2v) is 4.90. The van der Waals surface area contributed by atoms with Gasteiger partial charge in [0.25, 0.3) is 11.2 Å². The molecule has 1 aromatic heterocycles. The number of pyridine rings is 1. The molecule has 1 unspecified atom stereocenters. The summed E-state index contributed by atoms with van der Waals surface area (Å²) in [5.41, 5.74) is 0.210. The van der Waals surface area contributed by atoms with Crippen molar-refractivity contribution in [3.8, 4) is 0 Å². The molecule has 1 atom stereocenters. The summed E-state index contributed by atoms with van der Waals surface area (Å²) in [6.07, 6.45) is 2.40. The van der Waals surface area contributed by atoms with Gasteiger partial charge in [0.05, 0.1) is 11.1 Å². The largest absolute Gasteiger partial charge is 0.316 e.